The predicted molar refractivity (Wildman–Crippen MR) is 95.8 cm³/mol. The Morgan fingerprint density at radius 3 is 1.96 bits per heavy atom. The summed E-state index contributed by atoms with van der Waals surface area (Å²) in [6.45, 7) is 9.91. The largest absolute Gasteiger partial charge is 0.331 e. The molecule has 1 amide bonds. The van der Waals surface area contributed by atoms with Gasteiger partial charge in [-0.1, -0.05) is 38.1 Å². The van der Waals surface area contributed by atoms with Gasteiger partial charge in [-0.05, 0) is 25.9 Å². The number of hydrogen-bond acceptors (Lipinski definition) is 2. The molecule has 0 rings (SSSR count). The van der Waals surface area contributed by atoms with Crippen molar-refractivity contribution in [3.63, 3.8) is 0 Å². The number of nitrogens with zero attached hydrogens (tertiary/aromatic N) is 3. The minimum Gasteiger partial charge on any atom is -0.331 e. The smallest absolute Gasteiger partial charge is 0.254 e. The molecular weight excluding hydrogens is 293 g/mol. The van der Waals surface area contributed by atoms with Crippen LogP contribution < -0.4 is 0 Å². The Kier molecular flexibility index (Phi) is 11.4. The van der Waals surface area contributed by atoms with Crippen LogP contribution in [0.2, 0.25) is 0 Å². The molecule has 4 nitrogen and oxygen atoms in total. The minimum absolute atomic E-state index is 0.197. The molecule has 0 aromatic carbocycles. The van der Waals surface area contributed by atoms with Gasteiger partial charge >= 0.3 is 0 Å². The summed E-state index contributed by atoms with van der Waals surface area (Å²) >= 11 is 0. The monoisotopic (exact) mass is 332 g/mol. The van der Waals surface area contributed by atoms with Crippen LogP contribution in [0.3, 0.4) is 0 Å². The van der Waals surface area contributed by atoms with Crippen molar-refractivity contribution in [1.82, 2.24) is 10.0 Å². The highest BCUT2D eigenvalue weighted by atomic mass is 19.2. The van der Waals surface area contributed by atoms with Crippen LogP contribution in [0.25, 0.3) is 0 Å². The number of halogens is 1. The number of carbonyl (C=O) groups excluding carboxylic acids is 1. The first-order valence-electron chi connectivity index (χ1n) is 9.21. The van der Waals surface area contributed by atoms with Crippen LogP contribution in [0.15, 0.2) is 0 Å². The number of amides is 1. The summed E-state index contributed by atoms with van der Waals surface area (Å²) in [4.78, 5) is 14.5. The fourth-order valence-electron chi connectivity index (χ4n) is 2.56. The van der Waals surface area contributed by atoms with Crippen LogP contribution >= 0.6 is 0 Å². The molecule has 5 heteroatoms. The molecule has 0 aromatic rings. The van der Waals surface area contributed by atoms with Gasteiger partial charge in [0.15, 0.2) is 0 Å². The standard InChI is InChI=1S/C18H39FN3O/c1-7-9-12-20(13-10-8-2)16-17(3)18(23)21(19)14-11-15-22(4,5)6/h17H,7-16H2,1-6H3/q+1. The third-order valence-corrected chi connectivity index (χ3v) is 4.03. The summed E-state index contributed by atoms with van der Waals surface area (Å²) in [6.07, 6.45) is 5.24. The van der Waals surface area contributed by atoms with Crippen LogP contribution in [-0.4, -0.2) is 74.3 Å². The number of hydrogen-bond donors (Lipinski definition) is 0. The van der Waals surface area contributed by atoms with E-state index in [1.54, 1.807) is 0 Å². The maximum atomic E-state index is 14.0. The molecule has 0 N–H and O–H groups in total. The minimum atomic E-state index is -0.371. The Hall–Kier alpha value is -0.680. The SMILES string of the molecule is CCCCN(CCCC)CC(C)C(=O)N(F)CCC[N+](C)(C)C. The molecule has 0 saturated heterocycles. The first kappa shape index (κ1) is 22.3. The van der Waals surface area contributed by atoms with Gasteiger partial charge < -0.3 is 9.38 Å². The van der Waals surface area contributed by atoms with E-state index in [2.05, 4.69) is 39.9 Å². The lowest BCUT2D eigenvalue weighted by Gasteiger charge is -2.27. The molecule has 138 valence electrons. The maximum Gasteiger partial charge on any atom is 0.254 e. The van der Waals surface area contributed by atoms with E-state index in [1.807, 2.05) is 6.92 Å². The molecule has 0 aromatic heterocycles. The fourth-order valence-corrected chi connectivity index (χ4v) is 2.56. The zero-order chi connectivity index (χ0) is 17.9. The summed E-state index contributed by atoms with van der Waals surface area (Å²) in [6, 6.07) is 0. The van der Waals surface area contributed by atoms with Gasteiger partial charge in [0.25, 0.3) is 5.91 Å². The van der Waals surface area contributed by atoms with E-state index in [9.17, 15) is 9.28 Å². The van der Waals surface area contributed by atoms with Crippen molar-refractivity contribution in [3.05, 3.63) is 0 Å². The summed E-state index contributed by atoms with van der Waals surface area (Å²) < 4.78 is 14.8. The van der Waals surface area contributed by atoms with Crippen molar-refractivity contribution >= 4 is 5.91 Å². The third-order valence-electron chi connectivity index (χ3n) is 4.03. The maximum absolute atomic E-state index is 14.0. The summed E-state index contributed by atoms with van der Waals surface area (Å²) in [5, 5.41) is 0.429. The van der Waals surface area contributed by atoms with Gasteiger partial charge in [-0.2, -0.15) is 5.12 Å². The Labute approximate surface area is 143 Å². The average molecular weight is 333 g/mol. The molecule has 1 atom stereocenters. The Morgan fingerprint density at radius 1 is 1.00 bits per heavy atom. The van der Waals surface area contributed by atoms with Gasteiger partial charge in [-0.15, -0.1) is 0 Å². The molecule has 0 radical (unpaired) electrons. The molecular formula is C18H39FN3O+. The number of carbonyl (C=O) groups is 1. The molecule has 0 fully saturated rings. The van der Waals surface area contributed by atoms with E-state index in [1.165, 1.54) is 0 Å². The van der Waals surface area contributed by atoms with Crippen LogP contribution in [-0.2, 0) is 4.79 Å². The molecule has 0 heterocycles. The lowest BCUT2D eigenvalue weighted by molar-refractivity contribution is -0.870. The lowest BCUT2D eigenvalue weighted by atomic mass is 10.1. The highest BCUT2D eigenvalue weighted by molar-refractivity contribution is 5.77. The highest BCUT2D eigenvalue weighted by Crippen LogP contribution is 2.10. The lowest BCUT2D eigenvalue weighted by Crippen LogP contribution is -2.40. The Balaban J connectivity index is 4.30. The molecule has 1 unspecified atom stereocenters. The molecule has 0 saturated carbocycles. The van der Waals surface area contributed by atoms with E-state index in [0.717, 1.165) is 49.8 Å². The highest BCUT2D eigenvalue weighted by Gasteiger charge is 2.23. The van der Waals surface area contributed by atoms with E-state index in [4.69, 9.17) is 0 Å². The molecule has 0 spiro atoms. The van der Waals surface area contributed by atoms with Crippen LogP contribution in [0.4, 0.5) is 4.48 Å². The van der Waals surface area contributed by atoms with E-state index in [0.29, 0.717) is 18.1 Å². The number of rotatable bonds is 13. The van der Waals surface area contributed by atoms with Crippen molar-refractivity contribution in [2.24, 2.45) is 5.92 Å². The zero-order valence-corrected chi connectivity index (χ0v) is 16.3. The Bertz CT molecular complexity index is 310. The van der Waals surface area contributed by atoms with Crippen LogP contribution in [0.5, 0.6) is 0 Å². The van der Waals surface area contributed by atoms with E-state index >= 15 is 0 Å². The van der Waals surface area contributed by atoms with Crippen LogP contribution in [0, 0.1) is 5.92 Å². The van der Waals surface area contributed by atoms with Gasteiger partial charge in [-0.25, -0.2) is 0 Å². The van der Waals surface area contributed by atoms with Gasteiger partial charge in [0, 0.05) is 13.0 Å². The second-order valence-corrected chi connectivity index (χ2v) is 7.70. The van der Waals surface area contributed by atoms with Crippen molar-refractivity contribution < 1.29 is 13.8 Å². The predicted octanol–water partition coefficient (Wildman–Crippen LogP) is 3.33. The average Bonchev–Trinajstić information content (AvgIpc) is 2.47. The molecule has 0 aliphatic carbocycles. The van der Waals surface area contributed by atoms with Crippen LogP contribution in [0.1, 0.15) is 52.9 Å². The summed E-state index contributed by atoms with van der Waals surface area (Å²) in [5.74, 6) is -0.651. The van der Waals surface area contributed by atoms with Crippen molar-refractivity contribution in [2.45, 2.75) is 52.9 Å². The Morgan fingerprint density at radius 2 is 1.52 bits per heavy atom. The first-order chi connectivity index (χ1) is 10.7. The zero-order valence-electron chi connectivity index (χ0n) is 16.3. The van der Waals surface area contributed by atoms with Crippen molar-refractivity contribution in [2.75, 3.05) is 53.9 Å². The second-order valence-electron chi connectivity index (χ2n) is 7.70. The normalized spacial score (nSPS) is 13.4. The number of unbranched alkanes of at least 4 members (excludes halogenated alkanes) is 2. The molecule has 0 bridgehead atoms. The third kappa shape index (κ3) is 11.5. The van der Waals surface area contributed by atoms with Crippen molar-refractivity contribution in [1.29, 1.82) is 0 Å². The van der Waals surface area contributed by atoms with E-state index < -0.39 is 0 Å². The quantitative estimate of drug-likeness (QED) is 0.381. The fraction of sp³-hybridized carbons (Fsp3) is 0.944. The topological polar surface area (TPSA) is 23.6 Å². The van der Waals surface area contributed by atoms with E-state index in [-0.39, 0.29) is 18.4 Å². The number of quaternary nitrogens is 1. The molecule has 0 aliphatic rings. The molecule has 23 heavy (non-hydrogen) atoms. The first-order valence-corrected chi connectivity index (χ1v) is 9.21. The molecule has 0 aliphatic heterocycles. The van der Waals surface area contributed by atoms with Gasteiger partial charge in [0.05, 0.1) is 40.2 Å². The van der Waals surface area contributed by atoms with Gasteiger partial charge in [0.2, 0.25) is 0 Å². The summed E-state index contributed by atoms with van der Waals surface area (Å²) in [5.41, 5.74) is 0. The van der Waals surface area contributed by atoms with Gasteiger partial charge in [-0.3, -0.25) is 4.79 Å². The summed E-state index contributed by atoms with van der Waals surface area (Å²) in [7, 11) is 6.23. The second kappa shape index (κ2) is 11.8. The van der Waals surface area contributed by atoms with Crippen molar-refractivity contribution in [3.8, 4) is 0 Å². The van der Waals surface area contributed by atoms with Gasteiger partial charge in [0.1, 0.15) is 0 Å².